The number of fused-ring (bicyclic) bond motifs is 1. The Morgan fingerprint density at radius 3 is 2.87 bits per heavy atom. The second-order valence-corrected chi connectivity index (χ2v) is 3.34. The fourth-order valence-corrected chi connectivity index (χ4v) is 1.74. The first-order valence-corrected chi connectivity index (χ1v) is 4.59. The zero-order valence-corrected chi connectivity index (χ0v) is 8.41. The van der Waals surface area contributed by atoms with E-state index in [1.54, 1.807) is 6.08 Å². The van der Waals surface area contributed by atoms with Crippen molar-refractivity contribution in [2.24, 2.45) is 5.73 Å². The smallest absolute Gasteiger partial charge is 0.284 e. The molecule has 0 saturated heterocycles. The molecule has 1 aromatic heterocycles. The molecule has 0 saturated carbocycles. The summed E-state index contributed by atoms with van der Waals surface area (Å²) in [6, 6.07) is 5.58. The van der Waals surface area contributed by atoms with Crippen molar-refractivity contribution in [1.29, 1.82) is 0 Å². The van der Waals surface area contributed by atoms with E-state index in [-0.39, 0.29) is 5.76 Å². The predicted molar refractivity (Wildman–Crippen MR) is 59.6 cm³/mol. The molecule has 0 aliphatic carbocycles. The molecule has 3 heteroatoms. The molecular weight excluding hydrogens is 190 g/mol. The summed E-state index contributed by atoms with van der Waals surface area (Å²) in [6.45, 7) is 5.54. The van der Waals surface area contributed by atoms with E-state index < -0.39 is 5.91 Å². The fraction of sp³-hybridized carbons (Fsp3) is 0.0833. The number of carbonyl (C=O) groups excluding carboxylic acids is 1. The van der Waals surface area contributed by atoms with E-state index in [2.05, 4.69) is 6.58 Å². The van der Waals surface area contributed by atoms with E-state index in [9.17, 15) is 4.79 Å². The molecule has 1 heterocycles. The molecule has 0 aliphatic rings. The Morgan fingerprint density at radius 2 is 2.27 bits per heavy atom. The predicted octanol–water partition coefficient (Wildman–Crippen LogP) is 2.48. The van der Waals surface area contributed by atoms with Gasteiger partial charge in [-0.05, 0) is 18.6 Å². The summed E-state index contributed by atoms with van der Waals surface area (Å²) in [5.74, 6) is -0.321. The van der Waals surface area contributed by atoms with Crippen molar-refractivity contribution in [1.82, 2.24) is 0 Å². The standard InChI is InChI=1S/C12H11NO2/c1-3-8-5-4-6-9-10(8)7(2)11(15-9)12(13)14/h3-6H,1H2,2H3,(H2,13,14). The Balaban J connectivity index is 2.88. The second kappa shape index (κ2) is 3.28. The maximum absolute atomic E-state index is 11.1. The zero-order chi connectivity index (χ0) is 11.0. The number of hydrogen-bond donors (Lipinski definition) is 1. The first-order chi connectivity index (χ1) is 7.15. The summed E-state index contributed by atoms with van der Waals surface area (Å²) in [5.41, 5.74) is 7.59. The van der Waals surface area contributed by atoms with Crippen LogP contribution < -0.4 is 5.73 Å². The van der Waals surface area contributed by atoms with Crippen molar-refractivity contribution in [3.8, 4) is 0 Å². The van der Waals surface area contributed by atoms with Gasteiger partial charge >= 0.3 is 0 Å². The summed E-state index contributed by atoms with van der Waals surface area (Å²) < 4.78 is 5.38. The molecule has 76 valence electrons. The Labute approximate surface area is 87.2 Å². The molecule has 0 spiro atoms. The van der Waals surface area contributed by atoms with Gasteiger partial charge in [0.05, 0.1) is 0 Å². The molecule has 3 nitrogen and oxygen atoms in total. The summed E-state index contributed by atoms with van der Waals surface area (Å²) >= 11 is 0. The van der Waals surface area contributed by atoms with Gasteiger partial charge in [0.1, 0.15) is 5.58 Å². The fourth-order valence-electron chi connectivity index (χ4n) is 1.74. The lowest BCUT2D eigenvalue weighted by Gasteiger charge is -1.95. The first-order valence-electron chi connectivity index (χ1n) is 4.59. The average Bonchev–Trinajstić information content (AvgIpc) is 2.56. The number of aryl methyl sites for hydroxylation is 1. The Morgan fingerprint density at radius 1 is 1.53 bits per heavy atom. The SMILES string of the molecule is C=Cc1cccc2oc(C(N)=O)c(C)c12. The number of benzene rings is 1. The van der Waals surface area contributed by atoms with Gasteiger partial charge in [0.25, 0.3) is 5.91 Å². The molecule has 2 N–H and O–H groups in total. The minimum atomic E-state index is -0.543. The van der Waals surface area contributed by atoms with Crippen molar-refractivity contribution in [2.45, 2.75) is 6.92 Å². The van der Waals surface area contributed by atoms with Crippen molar-refractivity contribution >= 4 is 23.0 Å². The van der Waals surface area contributed by atoms with Crippen molar-refractivity contribution < 1.29 is 9.21 Å². The van der Waals surface area contributed by atoms with Gasteiger partial charge in [-0.15, -0.1) is 0 Å². The van der Waals surface area contributed by atoms with Crippen LogP contribution in [0.15, 0.2) is 29.2 Å². The highest BCUT2D eigenvalue weighted by atomic mass is 16.3. The first kappa shape index (κ1) is 9.52. The van der Waals surface area contributed by atoms with Gasteiger partial charge in [0.2, 0.25) is 0 Å². The minimum Gasteiger partial charge on any atom is -0.451 e. The van der Waals surface area contributed by atoms with Crippen LogP contribution in [-0.4, -0.2) is 5.91 Å². The van der Waals surface area contributed by atoms with Crippen molar-refractivity contribution in [3.63, 3.8) is 0 Å². The summed E-state index contributed by atoms with van der Waals surface area (Å²) in [4.78, 5) is 11.1. The van der Waals surface area contributed by atoms with Crippen LogP contribution in [0, 0.1) is 6.92 Å². The van der Waals surface area contributed by atoms with Crippen LogP contribution >= 0.6 is 0 Å². The van der Waals surface area contributed by atoms with Crippen molar-refractivity contribution in [2.75, 3.05) is 0 Å². The molecule has 2 aromatic rings. The lowest BCUT2D eigenvalue weighted by molar-refractivity contribution is 0.0975. The molecule has 0 bridgehead atoms. The average molecular weight is 201 g/mol. The second-order valence-electron chi connectivity index (χ2n) is 3.34. The molecule has 0 aliphatic heterocycles. The molecule has 15 heavy (non-hydrogen) atoms. The highest BCUT2D eigenvalue weighted by Crippen LogP contribution is 2.28. The zero-order valence-electron chi connectivity index (χ0n) is 8.41. The summed E-state index contributed by atoms with van der Waals surface area (Å²) in [7, 11) is 0. The largest absolute Gasteiger partial charge is 0.451 e. The summed E-state index contributed by atoms with van der Waals surface area (Å²) in [6.07, 6.45) is 1.73. The molecule has 0 unspecified atom stereocenters. The third-order valence-corrected chi connectivity index (χ3v) is 2.43. The highest BCUT2D eigenvalue weighted by Gasteiger charge is 2.15. The van der Waals surface area contributed by atoms with Crippen LogP contribution in [0.4, 0.5) is 0 Å². The van der Waals surface area contributed by atoms with Crippen molar-refractivity contribution in [3.05, 3.63) is 41.7 Å². The molecule has 2 rings (SSSR count). The normalized spacial score (nSPS) is 10.5. The maximum Gasteiger partial charge on any atom is 0.284 e. The van der Waals surface area contributed by atoms with Gasteiger partial charge in [0, 0.05) is 10.9 Å². The molecule has 0 fully saturated rings. The lowest BCUT2D eigenvalue weighted by Crippen LogP contribution is -2.10. The van der Waals surface area contributed by atoms with E-state index in [0.29, 0.717) is 5.58 Å². The number of amides is 1. The monoisotopic (exact) mass is 201 g/mol. The van der Waals surface area contributed by atoms with Crippen LogP contribution in [0.5, 0.6) is 0 Å². The Kier molecular flexibility index (Phi) is 2.08. The molecule has 1 amide bonds. The molecular formula is C12H11NO2. The maximum atomic E-state index is 11.1. The topological polar surface area (TPSA) is 56.2 Å². The number of carbonyl (C=O) groups is 1. The number of rotatable bonds is 2. The number of primary amides is 1. The molecule has 0 atom stereocenters. The van der Waals surface area contributed by atoms with Crippen LogP contribution in [0.3, 0.4) is 0 Å². The van der Waals surface area contributed by atoms with E-state index in [0.717, 1.165) is 16.5 Å². The number of hydrogen-bond acceptors (Lipinski definition) is 2. The van der Waals surface area contributed by atoms with Gasteiger partial charge in [-0.2, -0.15) is 0 Å². The van der Waals surface area contributed by atoms with E-state index in [4.69, 9.17) is 10.2 Å². The third-order valence-electron chi connectivity index (χ3n) is 2.43. The van der Waals surface area contributed by atoms with E-state index in [1.165, 1.54) is 0 Å². The van der Waals surface area contributed by atoms with Gasteiger partial charge < -0.3 is 10.2 Å². The van der Waals surface area contributed by atoms with Gasteiger partial charge in [-0.3, -0.25) is 4.79 Å². The third kappa shape index (κ3) is 1.32. The van der Waals surface area contributed by atoms with Gasteiger partial charge in [0.15, 0.2) is 5.76 Å². The molecule has 1 aromatic carbocycles. The van der Waals surface area contributed by atoms with E-state index in [1.807, 2.05) is 25.1 Å². The van der Waals surface area contributed by atoms with Crippen LogP contribution in [-0.2, 0) is 0 Å². The van der Waals surface area contributed by atoms with E-state index >= 15 is 0 Å². The van der Waals surface area contributed by atoms with Gasteiger partial charge in [-0.1, -0.05) is 24.8 Å². The Hall–Kier alpha value is -2.03. The van der Waals surface area contributed by atoms with Crippen LogP contribution in [0.1, 0.15) is 21.7 Å². The Bertz CT molecular complexity index is 552. The quantitative estimate of drug-likeness (QED) is 0.811. The number of furan rings is 1. The van der Waals surface area contributed by atoms with Gasteiger partial charge in [-0.25, -0.2) is 0 Å². The van der Waals surface area contributed by atoms with Crippen LogP contribution in [0.2, 0.25) is 0 Å². The molecule has 0 radical (unpaired) electrons. The van der Waals surface area contributed by atoms with Crippen LogP contribution in [0.25, 0.3) is 17.0 Å². The number of nitrogens with two attached hydrogens (primary N) is 1. The summed E-state index contributed by atoms with van der Waals surface area (Å²) in [5, 5.41) is 0.904. The lowest BCUT2D eigenvalue weighted by atomic mass is 10.1. The minimum absolute atomic E-state index is 0.222. The highest BCUT2D eigenvalue weighted by molar-refractivity contribution is 6.00.